The molecule has 2 unspecified atom stereocenters. The quantitative estimate of drug-likeness (QED) is 0.852. The van der Waals surface area contributed by atoms with E-state index < -0.39 is 12.0 Å². The molecule has 2 atom stereocenters. The zero-order valence-electron chi connectivity index (χ0n) is 10.7. The summed E-state index contributed by atoms with van der Waals surface area (Å²) in [6, 6.07) is 7.21. The zero-order chi connectivity index (χ0) is 13.0. The van der Waals surface area contributed by atoms with E-state index in [0.29, 0.717) is 0 Å². The first kappa shape index (κ1) is 13.5. The van der Waals surface area contributed by atoms with Crippen LogP contribution in [0.25, 0.3) is 0 Å². The second-order valence-electron chi connectivity index (χ2n) is 4.13. The number of carboxylic acid groups (broad SMARTS) is 1. The van der Waals surface area contributed by atoms with Gasteiger partial charge in [-0.2, -0.15) is 0 Å². The molecule has 1 rings (SSSR count). The van der Waals surface area contributed by atoms with Crippen LogP contribution in [0.4, 0.5) is 0 Å². The van der Waals surface area contributed by atoms with Crippen molar-refractivity contribution in [1.29, 1.82) is 0 Å². The zero-order valence-corrected chi connectivity index (χ0v) is 10.7. The molecule has 1 aromatic rings. The maximum Gasteiger partial charge on any atom is 0.320 e. The Morgan fingerprint density at radius 3 is 2.24 bits per heavy atom. The van der Waals surface area contributed by atoms with Gasteiger partial charge in [-0.1, -0.05) is 12.1 Å². The van der Waals surface area contributed by atoms with Crippen molar-refractivity contribution in [2.45, 2.75) is 25.9 Å². The molecule has 94 valence electrons. The number of benzene rings is 1. The second-order valence-corrected chi connectivity index (χ2v) is 4.13. The van der Waals surface area contributed by atoms with Gasteiger partial charge in [-0.25, -0.2) is 0 Å². The standard InChI is InChI=1S/C13H19NO3/c1-9(14(3)10(2)13(15)16)11-5-7-12(17-4)8-6-11/h5-10H,1-4H3,(H,15,16). The van der Waals surface area contributed by atoms with Crippen LogP contribution in [0.5, 0.6) is 5.75 Å². The summed E-state index contributed by atoms with van der Waals surface area (Å²) >= 11 is 0. The molecule has 0 bridgehead atoms. The molecule has 4 nitrogen and oxygen atoms in total. The molecule has 0 radical (unpaired) electrons. The largest absolute Gasteiger partial charge is 0.497 e. The Balaban J connectivity index is 2.80. The molecule has 0 heterocycles. The lowest BCUT2D eigenvalue weighted by Crippen LogP contribution is -2.37. The van der Waals surface area contributed by atoms with Crippen LogP contribution >= 0.6 is 0 Å². The minimum Gasteiger partial charge on any atom is -0.497 e. The molecule has 4 heteroatoms. The topological polar surface area (TPSA) is 49.8 Å². The molecule has 0 saturated heterocycles. The predicted octanol–water partition coefficient (Wildman–Crippen LogP) is 2.16. The number of aliphatic carboxylic acids is 1. The maximum absolute atomic E-state index is 10.9. The molecule has 0 aliphatic heterocycles. The van der Waals surface area contributed by atoms with Gasteiger partial charge in [0.15, 0.2) is 0 Å². The molecule has 0 aromatic heterocycles. The van der Waals surface area contributed by atoms with Gasteiger partial charge in [-0.15, -0.1) is 0 Å². The van der Waals surface area contributed by atoms with E-state index in [9.17, 15) is 4.79 Å². The summed E-state index contributed by atoms with van der Waals surface area (Å²) in [5, 5.41) is 8.97. The van der Waals surface area contributed by atoms with Gasteiger partial charge in [-0.05, 0) is 38.6 Å². The highest BCUT2D eigenvalue weighted by atomic mass is 16.5. The van der Waals surface area contributed by atoms with Crippen molar-refractivity contribution in [3.63, 3.8) is 0 Å². The third-order valence-electron chi connectivity index (χ3n) is 3.18. The molecule has 0 aliphatic carbocycles. The molecule has 0 aliphatic rings. The molecule has 0 fully saturated rings. The summed E-state index contributed by atoms with van der Waals surface area (Å²) in [7, 11) is 3.44. The Hall–Kier alpha value is -1.55. The molecule has 17 heavy (non-hydrogen) atoms. The van der Waals surface area contributed by atoms with E-state index in [1.54, 1.807) is 14.0 Å². The molecule has 0 saturated carbocycles. The molecule has 0 spiro atoms. The van der Waals surface area contributed by atoms with Crippen molar-refractivity contribution in [1.82, 2.24) is 4.90 Å². The molecule has 1 N–H and O–H groups in total. The summed E-state index contributed by atoms with van der Waals surface area (Å²) in [5.74, 6) is -0.0113. The second kappa shape index (κ2) is 5.68. The van der Waals surface area contributed by atoms with Gasteiger partial charge in [0.1, 0.15) is 11.8 Å². The van der Waals surface area contributed by atoms with Crippen LogP contribution in [0.15, 0.2) is 24.3 Å². The van der Waals surface area contributed by atoms with Gasteiger partial charge in [0.25, 0.3) is 0 Å². The SMILES string of the molecule is COc1ccc(C(C)N(C)C(C)C(=O)O)cc1. The normalized spacial score (nSPS) is 14.4. The van der Waals surface area contributed by atoms with Crippen molar-refractivity contribution in [3.8, 4) is 5.75 Å². The average Bonchev–Trinajstić information content (AvgIpc) is 2.36. The number of hydrogen-bond acceptors (Lipinski definition) is 3. The average molecular weight is 237 g/mol. The third-order valence-corrected chi connectivity index (χ3v) is 3.18. The summed E-state index contributed by atoms with van der Waals surface area (Å²) in [4.78, 5) is 12.7. The molecule has 1 aromatic carbocycles. The van der Waals surface area contributed by atoms with Crippen LogP contribution in [0.1, 0.15) is 25.5 Å². The summed E-state index contributed by atoms with van der Waals surface area (Å²) in [6.45, 7) is 3.67. The maximum atomic E-state index is 10.9. The predicted molar refractivity (Wildman–Crippen MR) is 66.3 cm³/mol. The van der Waals surface area contributed by atoms with E-state index in [-0.39, 0.29) is 6.04 Å². The van der Waals surface area contributed by atoms with Crippen molar-refractivity contribution >= 4 is 5.97 Å². The Labute approximate surface area is 102 Å². The fourth-order valence-corrected chi connectivity index (χ4v) is 1.63. The number of hydrogen-bond donors (Lipinski definition) is 1. The Morgan fingerprint density at radius 1 is 1.29 bits per heavy atom. The smallest absolute Gasteiger partial charge is 0.320 e. The van der Waals surface area contributed by atoms with Gasteiger partial charge < -0.3 is 9.84 Å². The van der Waals surface area contributed by atoms with E-state index in [1.807, 2.05) is 43.1 Å². The van der Waals surface area contributed by atoms with E-state index in [2.05, 4.69) is 0 Å². The van der Waals surface area contributed by atoms with Gasteiger partial charge in [0, 0.05) is 6.04 Å². The molecule has 0 amide bonds. The Morgan fingerprint density at radius 2 is 1.82 bits per heavy atom. The van der Waals surface area contributed by atoms with Crippen molar-refractivity contribution < 1.29 is 14.6 Å². The number of nitrogens with zero attached hydrogens (tertiary/aromatic N) is 1. The third kappa shape index (κ3) is 3.20. The van der Waals surface area contributed by atoms with E-state index in [0.717, 1.165) is 11.3 Å². The van der Waals surface area contributed by atoms with Crippen LogP contribution < -0.4 is 4.74 Å². The Kier molecular flexibility index (Phi) is 4.52. The number of carbonyl (C=O) groups is 1. The van der Waals surface area contributed by atoms with Crippen LogP contribution in [0.2, 0.25) is 0 Å². The minimum atomic E-state index is -0.812. The monoisotopic (exact) mass is 237 g/mol. The van der Waals surface area contributed by atoms with Crippen LogP contribution in [-0.4, -0.2) is 36.2 Å². The first-order chi connectivity index (χ1) is 7.97. The van der Waals surface area contributed by atoms with Crippen molar-refractivity contribution in [2.24, 2.45) is 0 Å². The lowest BCUT2D eigenvalue weighted by molar-refractivity contribution is -0.142. The number of rotatable bonds is 5. The van der Waals surface area contributed by atoms with Crippen LogP contribution in [0.3, 0.4) is 0 Å². The number of likely N-dealkylation sites (N-methyl/N-ethyl adjacent to an activating group) is 1. The van der Waals surface area contributed by atoms with Gasteiger partial charge in [0.05, 0.1) is 7.11 Å². The lowest BCUT2D eigenvalue weighted by Gasteiger charge is -2.28. The lowest BCUT2D eigenvalue weighted by atomic mass is 10.1. The van der Waals surface area contributed by atoms with E-state index >= 15 is 0 Å². The summed E-state index contributed by atoms with van der Waals surface area (Å²) in [6.07, 6.45) is 0. The first-order valence-corrected chi connectivity index (χ1v) is 5.56. The number of carboxylic acids is 1. The minimum absolute atomic E-state index is 0.0482. The van der Waals surface area contributed by atoms with E-state index in [1.165, 1.54) is 0 Å². The highest BCUT2D eigenvalue weighted by Crippen LogP contribution is 2.23. The van der Waals surface area contributed by atoms with Gasteiger partial charge >= 0.3 is 5.97 Å². The fraction of sp³-hybridized carbons (Fsp3) is 0.462. The number of methoxy groups -OCH3 is 1. The molecular weight excluding hydrogens is 218 g/mol. The number of ether oxygens (including phenoxy) is 1. The molecular formula is C13H19NO3. The van der Waals surface area contributed by atoms with Gasteiger partial charge in [-0.3, -0.25) is 9.69 Å². The van der Waals surface area contributed by atoms with Crippen molar-refractivity contribution in [3.05, 3.63) is 29.8 Å². The Bertz CT molecular complexity index is 375. The van der Waals surface area contributed by atoms with E-state index in [4.69, 9.17) is 9.84 Å². The van der Waals surface area contributed by atoms with Crippen molar-refractivity contribution in [2.75, 3.05) is 14.2 Å². The summed E-state index contributed by atoms with van der Waals surface area (Å²) < 4.78 is 5.09. The van der Waals surface area contributed by atoms with Gasteiger partial charge in [0.2, 0.25) is 0 Å². The first-order valence-electron chi connectivity index (χ1n) is 5.56. The highest BCUT2D eigenvalue weighted by molar-refractivity contribution is 5.72. The summed E-state index contributed by atoms with van der Waals surface area (Å²) in [5.41, 5.74) is 1.07. The highest BCUT2D eigenvalue weighted by Gasteiger charge is 2.22. The fourth-order valence-electron chi connectivity index (χ4n) is 1.63. The van der Waals surface area contributed by atoms with Crippen LogP contribution in [-0.2, 0) is 4.79 Å². The van der Waals surface area contributed by atoms with Crippen LogP contribution in [0, 0.1) is 0 Å².